The lowest BCUT2D eigenvalue weighted by Gasteiger charge is -2.34. The van der Waals surface area contributed by atoms with Gasteiger partial charge in [0.15, 0.2) is 12.2 Å². The Kier molecular flexibility index (Phi) is 4.78. The number of furan rings is 1. The molecule has 0 saturated carbocycles. The molecular weight excluding hydrogens is 397 g/mol. The summed E-state index contributed by atoms with van der Waals surface area (Å²) in [6.45, 7) is 2.58. The SMILES string of the molecule is O=Cc1ccc(F)cc1-c1c[nH]c2ccc(C(=O)N3CCN(c4ccco4)CC3)cc12. The Hall–Kier alpha value is -3.87. The fraction of sp³-hybridized carbons (Fsp3) is 0.167. The van der Waals surface area contributed by atoms with Crippen LogP contribution in [-0.4, -0.2) is 48.3 Å². The number of rotatable bonds is 4. The van der Waals surface area contributed by atoms with Crippen LogP contribution in [0.1, 0.15) is 20.7 Å². The van der Waals surface area contributed by atoms with E-state index in [0.29, 0.717) is 54.7 Å². The third kappa shape index (κ3) is 3.48. The van der Waals surface area contributed by atoms with E-state index in [4.69, 9.17) is 4.42 Å². The number of nitrogens with one attached hydrogen (secondary N) is 1. The van der Waals surface area contributed by atoms with Crippen molar-refractivity contribution < 1.29 is 18.4 Å². The van der Waals surface area contributed by atoms with Crippen molar-refractivity contribution in [3.63, 3.8) is 0 Å². The van der Waals surface area contributed by atoms with Crippen molar-refractivity contribution in [2.24, 2.45) is 0 Å². The molecule has 2 aromatic heterocycles. The number of anilines is 1. The number of aromatic nitrogens is 1. The Morgan fingerprint density at radius 2 is 1.87 bits per heavy atom. The van der Waals surface area contributed by atoms with Gasteiger partial charge in [-0.2, -0.15) is 0 Å². The molecule has 1 fully saturated rings. The standard InChI is InChI=1S/C24H20FN3O3/c25-18-5-3-17(15-29)19(13-18)21-14-26-22-6-4-16(12-20(21)22)24(30)28-9-7-27(8-10-28)23-2-1-11-31-23/h1-6,11-15,26H,7-10H2. The first kappa shape index (κ1) is 19.1. The van der Waals surface area contributed by atoms with Crippen molar-refractivity contribution in [1.82, 2.24) is 9.88 Å². The number of hydrogen-bond donors (Lipinski definition) is 1. The summed E-state index contributed by atoms with van der Waals surface area (Å²) in [6.07, 6.45) is 4.09. The number of amides is 1. The Balaban J connectivity index is 1.43. The number of fused-ring (bicyclic) bond motifs is 1. The van der Waals surface area contributed by atoms with Gasteiger partial charge in [-0.1, -0.05) is 0 Å². The molecule has 0 radical (unpaired) electrons. The lowest BCUT2D eigenvalue weighted by atomic mass is 9.98. The minimum Gasteiger partial charge on any atom is -0.449 e. The van der Waals surface area contributed by atoms with Crippen LogP contribution in [0.2, 0.25) is 0 Å². The third-order valence-corrected chi connectivity index (χ3v) is 5.75. The van der Waals surface area contributed by atoms with E-state index in [1.54, 1.807) is 18.5 Å². The number of H-pyrrole nitrogens is 1. The summed E-state index contributed by atoms with van der Waals surface area (Å²) < 4.78 is 19.3. The first-order valence-corrected chi connectivity index (χ1v) is 10.1. The quantitative estimate of drug-likeness (QED) is 0.502. The largest absolute Gasteiger partial charge is 0.449 e. The number of nitrogens with zero attached hydrogens (tertiary/aromatic N) is 2. The average molecular weight is 417 g/mol. The predicted octanol–water partition coefficient (Wildman–Crippen LogP) is 4.34. The van der Waals surface area contributed by atoms with Gasteiger partial charge in [0, 0.05) is 66.0 Å². The van der Waals surface area contributed by atoms with Crippen molar-refractivity contribution in [3.8, 4) is 11.1 Å². The smallest absolute Gasteiger partial charge is 0.253 e. The van der Waals surface area contributed by atoms with Crippen LogP contribution in [0.4, 0.5) is 10.3 Å². The van der Waals surface area contributed by atoms with Crippen molar-refractivity contribution in [3.05, 3.63) is 77.9 Å². The van der Waals surface area contributed by atoms with Crippen molar-refractivity contribution in [2.45, 2.75) is 0 Å². The Morgan fingerprint density at radius 1 is 1.03 bits per heavy atom. The van der Waals surface area contributed by atoms with Gasteiger partial charge in [0.2, 0.25) is 0 Å². The second kappa shape index (κ2) is 7.75. The first-order chi connectivity index (χ1) is 15.1. The maximum Gasteiger partial charge on any atom is 0.253 e. The van der Waals surface area contributed by atoms with Crippen LogP contribution in [0, 0.1) is 5.82 Å². The molecule has 31 heavy (non-hydrogen) atoms. The van der Waals surface area contributed by atoms with Crippen LogP contribution < -0.4 is 4.90 Å². The van der Waals surface area contributed by atoms with Crippen molar-refractivity contribution in [1.29, 1.82) is 0 Å². The molecule has 4 aromatic rings. The van der Waals surface area contributed by atoms with E-state index in [-0.39, 0.29) is 5.91 Å². The number of piperazine rings is 1. The molecule has 0 spiro atoms. The van der Waals surface area contributed by atoms with E-state index in [1.807, 2.05) is 29.2 Å². The number of halogens is 1. The predicted molar refractivity (Wildman–Crippen MR) is 116 cm³/mol. The molecule has 1 aliphatic rings. The Morgan fingerprint density at radius 3 is 2.61 bits per heavy atom. The number of aromatic amines is 1. The zero-order valence-electron chi connectivity index (χ0n) is 16.7. The van der Waals surface area contributed by atoms with Gasteiger partial charge < -0.3 is 19.2 Å². The van der Waals surface area contributed by atoms with Gasteiger partial charge in [0.05, 0.1) is 6.26 Å². The normalized spacial score (nSPS) is 14.2. The highest BCUT2D eigenvalue weighted by atomic mass is 19.1. The third-order valence-electron chi connectivity index (χ3n) is 5.75. The molecule has 1 N–H and O–H groups in total. The molecule has 0 aliphatic carbocycles. The maximum atomic E-state index is 13.9. The molecule has 1 saturated heterocycles. The lowest BCUT2D eigenvalue weighted by molar-refractivity contribution is 0.0745. The van der Waals surface area contributed by atoms with Crippen LogP contribution in [0.15, 0.2) is 65.4 Å². The van der Waals surface area contributed by atoms with Gasteiger partial charge in [0.25, 0.3) is 5.91 Å². The highest BCUT2D eigenvalue weighted by molar-refractivity contribution is 6.04. The van der Waals surface area contributed by atoms with Crippen LogP contribution in [0.25, 0.3) is 22.0 Å². The van der Waals surface area contributed by atoms with Gasteiger partial charge in [0.1, 0.15) is 5.82 Å². The Labute approximate surface area is 177 Å². The molecule has 156 valence electrons. The number of carbonyl (C=O) groups excluding carboxylic acids is 2. The van der Waals surface area contributed by atoms with Gasteiger partial charge in [-0.05, 0) is 48.0 Å². The highest BCUT2D eigenvalue weighted by Gasteiger charge is 2.24. The lowest BCUT2D eigenvalue weighted by Crippen LogP contribution is -2.48. The summed E-state index contributed by atoms with van der Waals surface area (Å²) >= 11 is 0. The highest BCUT2D eigenvalue weighted by Crippen LogP contribution is 2.32. The molecule has 7 heteroatoms. The number of carbonyl (C=O) groups is 2. The fourth-order valence-corrected chi connectivity index (χ4v) is 4.10. The van der Waals surface area contributed by atoms with Crippen LogP contribution >= 0.6 is 0 Å². The minimum absolute atomic E-state index is 0.0528. The van der Waals surface area contributed by atoms with Crippen LogP contribution in [0.3, 0.4) is 0 Å². The number of hydrogen-bond acceptors (Lipinski definition) is 4. The molecule has 1 amide bonds. The summed E-state index contributed by atoms with van der Waals surface area (Å²) in [5.74, 6) is 0.339. The van der Waals surface area contributed by atoms with E-state index in [9.17, 15) is 14.0 Å². The summed E-state index contributed by atoms with van der Waals surface area (Å²) in [6, 6.07) is 13.3. The summed E-state index contributed by atoms with van der Waals surface area (Å²) in [7, 11) is 0. The van der Waals surface area contributed by atoms with E-state index >= 15 is 0 Å². The second-order valence-corrected chi connectivity index (χ2v) is 7.54. The summed E-state index contributed by atoms with van der Waals surface area (Å²) in [4.78, 5) is 31.7. The molecule has 0 unspecified atom stereocenters. The van der Waals surface area contributed by atoms with E-state index in [1.165, 1.54) is 18.2 Å². The second-order valence-electron chi connectivity index (χ2n) is 7.54. The molecule has 0 bridgehead atoms. The summed E-state index contributed by atoms with van der Waals surface area (Å²) in [5, 5.41) is 0.772. The molecular formula is C24H20FN3O3. The molecule has 3 heterocycles. The van der Waals surface area contributed by atoms with Crippen LogP contribution in [-0.2, 0) is 0 Å². The van der Waals surface area contributed by atoms with E-state index in [2.05, 4.69) is 9.88 Å². The molecule has 0 atom stereocenters. The Bertz CT molecular complexity index is 1250. The fourth-order valence-electron chi connectivity index (χ4n) is 4.10. The minimum atomic E-state index is -0.420. The van der Waals surface area contributed by atoms with Crippen LogP contribution in [0.5, 0.6) is 0 Å². The monoisotopic (exact) mass is 417 g/mol. The number of aldehydes is 1. The maximum absolute atomic E-state index is 13.9. The summed E-state index contributed by atoms with van der Waals surface area (Å²) in [5.41, 5.74) is 2.96. The van der Waals surface area contributed by atoms with Gasteiger partial charge >= 0.3 is 0 Å². The van der Waals surface area contributed by atoms with E-state index < -0.39 is 5.82 Å². The van der Waals surface area contributed by atoms with Gasteiger partial charge in [-0.3, -0.25) is 9.59 Å². The van der Waals surface area contributed by atoms with Crippen molar-refractivity contribution >= 4 is 29.0 Å². The van der Waals surface area contributed by atoms with Gasteiger partial charge in [-0.15, -0.1) is 0 Å². The first-order valence-electron chi connectivity index (χ1n) is 10.1. The molecule has 1 aliphatic heterocycles. The zero-order chi connectivity index (χ0) is 21.4. The average Bonchev–Trinajstić information content (AvgIpc) is 3.48. The van der Waals surface area contributed by atoms with E-state index in [0.717, 1.165) is 16.8 Å². The molecule has 6 nitrogen and oxygen atoms in total. The van der Waals surface area contributed by atoms with Gasteiger partial charge in [-0.25, -0.2) is 4.39 Å². The van der Waals surface area contributed by atoms with Crippen molar-refractivity contribution in [2.75, 3.05) is 31.1 Å². The molecule has 5 rings (SSSR count). The molecule has 2 aromatic carbocycles. The zero-order valence-corrected chi connectivity index (χ0v) is 16.7. The topological polar surface area (TPSA) is 69.6 Å². The number of benzene rings is 2.